The molecule has 0 aliphatic heterocycles. The Labute approximate surface area is 108 Å². The minimum absolute atomic E-state index is 0.0236. The Hall–Kier alpha value is -0.0400. The number of hydrogen-bond acceptors (Lipinski definition) is 1. The number of aliphatic hydroxyl groups excluding tert-OH is 1. The van der Waals surface area contributed by atoms with Gasteiger partial charge in [-0.2, -0.15) is 0 Å². The third-order valence-corrected chi connectivity index (χ3v) is 4.44. The van der Waals surface area contributed by atoms with Crippen LogP contribution in [0.2, 0.25) is 0 Å². The molecule has 1 fully saturated rings. The third kappa shape index (κ3) is 5.90. The molecule has 1 N–H and O–H groups in total. The van der Waals surface area contributed by atoms with E-state index >= 15 is 0 Å². The minimum Gasteiger partial charge on any atom is -0.393 e. The van der Waals surface area contributed by atoms with Crippen LogP contribution in [-0.2, 0) is 0 Å². The van der Waals surface area contributed by atoms with Crippen LogP contribution in [0.1, 0.15) is 78.6 Å². The fraction of sp³-hybridized carbons (Fsp3) is 1.00. The Morgan fingerprint density at radius 1 is 1.06 bits per heavy atom. The largest absolute Gasteiger partial charge is 0.393 e. The summed E-state index contributed by atoms with van der Waals surface area (Å²) in [7, 11) is 0. The lowest BCUT2D eigenvalue weighted by atomic mass is 9.76. The van der Waals surface area contributed by atoms with Crippen molar-refractivity contribution in [2.45, 2.75) is 84.7 Å². The molecule has 0 radical (unpaired) electrons. The van der Waals surface area contributed by atoms with Crippen molar-refractivity contribution < 1.29 is 5.11 Å². The van der Waals surface area contributed by atoms with Gasteiger partial charge in [0.25, 0.3) is 0 Å². The van der Waals surface area contributed by atoms with Gasteiger partial charge in [0, 0.05) is 0 Å². The zero-order valence-electron chi connectivity index (χ0n) is 12.1. The predicted molar refractivity (Wildman–Crippen MR) is 75.1 cm³/mol. The molecule has 1 aliphatic carbocycles. The van der Waals surface area contributed by atoms with E-state index in [1.165, 1.54) is 51.4 Å². The molecule has 102 valence electrons. The van der Waals surface area contributed by atoms with Gasteiger partial charge in [-0.05, 0) is 43.4 Å². The number of aliphatic hydroxyl groups is 1. The summed E-state index contributed by atoms with van der Waals surface area (Å²) in [6, 6.07) is 0. The van der Waals surface area contributed by atoms with E-state index in [4.69, 9.17) is 0 Å². The lowest BCUT2D eigenvalue weighted by Crippen LogP contribution is -2.26. The van der Waals surface area contributed by atoms with E-state index in [0.717, 1.165) is 18.3 Å². The van der Waals surface area contributed by atoms with E-state index in [1.54, 1.807) is 0 Å². The van der Waals surface area contributed by atoms with E-state index in [1.807, 2.05) is 0 Å². The maximum absolute atomic E-state index is 10.2. The van der Waals surface area contributed by atoms with Gasteiger partial charge < -0.3 is 5.11 Å². The van der Waals surface area contributed by atoms with Crippen LogP contribution >= 0.6 is 0 Å². The van der Waals surface area contributed by atoms with Crippen molar-refractivity contribution in [2.75, 3.05) is 0 Å². The molecule has 1 saturated carbocycles. The van der Waals surface area contributed by atoms with Gasteiger partial charge in [0.1, 0.15) is 0 Å². The summed E-state index contributed by atoms with van der Waals surface area (Å²) < 4.78 is 0. The quantitative estimate of drug-likeness (QED) is 0.679. The fourth-order valence-corrected chi connectivity index (χ4v) is 3.09. The first-order chi connectivity index (χ1) is 8.13. The average Bonchev–Trinajstić information content (AvgIpc) is 2.34. The molecule has 1 unspecified atom stereocenters. The lowest BCUT2D eigenvalue weighted by Gasteiger charge is -2.31. The van der Waals surface area contributed by atoms with Gasteiger partial charge in [0.2, 0.25) is 0 Å². The van der Waals surface area contributed by atoms with E-state index in [0.29, 0.717) is 5.92 Å². The van der Waals surface area contributed by atoms with E-state index in [9.17, 15) is 5.11 Å². The van der Waals surface area contributed by atoms with Gasteiger partial charge >= 0.3 is 0 Å². The number of rotatable bonds is 7. The third-order valence-electron chi connectivity index (χ3n) is 4.44. The number of unbranched alkanes of at least 4 members (excludes halogenated alkanes) is 1. The van der Waals surface area contributed by atoms with Crippen molar-refractivity contribution in [2.24, 2.45) is 17.8 Å². The van der Waals surface area contributed by atoms with Crippen LogP contribution in [-0.4, -0.2) is 11.2 Å². The molecule has 1 rings (SSSR count). The molecule has 1 atom stereocenters. The summed E-state index contributed by atoms with van der Waals surface area (Å²) in [6.07, 6.45) is 11.6. The number of hydrogen-bond donors (Lipinski definition) is 1. The highest BCUT2D eigenvalue weighted by atomic mass is 16.3. The fourth-order valence-electron chi connectivity index (χ4n) is 3.09. The first kappa shape index (κ1) is 15.0. The Kier molecular flexibility index (Phi) is 7.18. The van der Waals surface area contributed by atoms with E-state index in [-0.39, 0.29) is 6.10 Å². The van der Waals surface area contributed by atoms with Gasteiger partial charge in [-0.1, -0.05) is 52.9 Å². The predicted octanol–water partition coefficient (Wildman–Crippen LogP) is 4.78. The van der Waals surface area contributed by atoms with Crippen LogP contribution < -0.4 is 0 Å². The molecular weight excluding hydrogens is 208 g/mol. The van der Waals surface area contributed by atoms with E-state index in [2.05, 4.69) is 20.8 Å². The van der Waals surface area contributed by atoms with Crippen molar-refractivity contribution in [1.29, 1.82) is 0 Å². The normalized spacial score (nSPS) is 27.4. The van der Waals surface area contributed by atoms with Crippen molar-refractivity contribution in [3.63, 3.8) is 0 Å². The molecule has 0 saturated heterocycles. The van der Waals surface area contributed by atoms with Crippen LogP contribution in [0.4, 0.5) is 0 Å². The SMILES string of the molecule is CCCCC1CCC(C(O)CCC(C)C)CC1. The molecule has 0 aromatic heterocycles. The Balaban J connectivity index is 2.17. The standard InChI is InChI=1S/C16H32O/c1-4-5-6-14-8-10-15(11-9-14)16(17)12-7-13(2)3/h13-17H,4-12H2,1-3H3. The second-order valence-corrected chi connectivity index (χ2v) is 6.46. The first-order valence-electron chi connectivity index (χ1n) is 7.81. The maximum Gasteiger partial charge on any atom is 0.0568 e. The van der Waals surface area contributed by atoms with E-state index < -0.39 is 0 Å². The molecule has 0 bridgehead atoms. The van der Waals surface area contributed by atoms with Crippen LogP contribution in [0, 0.1) is 17.8 Å². The van der Waals surface area contributed by atoms with Gasteiger partial charge in [-0.15, -0.1) is 0 Å². The Morgan fingerprint density at radius 2 is 1.71 bits per heavy atom. The highest BCUT2D eigenvalue weighted by Gasteiger charge is 2.25. The van der Waals surface area contributed by atoms with Gasteiger partial charge in [0.05, 0.1) is 6.10 Å². The molecule has 1 aliphatic rings. The highest BCUT2D eigenvalue weighted by Crippen LogP contribution is 2.34. The summed E-state index contributed by atoms with van der Waals surface area (Å²) in [6.45, 7) is 6.77. The van der Waals surface area contributed by atoms with Crippen molar-refractivity contribution in [3.05, 3.63) is 0 Å². The smallest absolute Gasteiger partial charge is 0.0568 e. The summed E-state index contributed by atoms with van der Waals surface area (Å²) >= 11 is 0. The molecular formula is C16H32O. The Bertz CT molecular complexity index is 180. The van der Waals surface area contributed by atoms with Crippen LogP contribution in [0.5, 0.6) is 0 Å². The molecule has 0 amide bonds. The maximum atomic E-state index is 10.2. The molecule has 1 heteroatoms. The molecule has 17 heavy (non-hydrogen) atoms. The highest BCUT2D eigenvalue weighted by molar-refractivity contribution is 4.77. The van der Waals surface area contributed by atoms with Gasteiger partial charge in [0.15, 0.2) is 0 Å². The zero-order valence-corrected chi connectivity index (χ0v) is 12.1. The summed E-state index contributed by atoms with van der Waals surface area (Å²) in [5.74, 6) is 2.29. The second-order valence-electron chi connectivity index (χ2n) is 6.46. The zero-order chi connectivity index (χ0) is 12.7. The van der Waals surface area contributed by atoms with Crippen LogP contribution in [0.3, 0.4) is 0 Å². The monoisotopic (exact) mass is 240 g/mol. The molecule has 0 aromatic rings. The van der Waals surface area contributed by atoms with Gasteiger partial charge in [-0.25, -0.2) is 0 Å². The van der Waals surface area contributed by atoms with Gasteiger partial charge in [-0.3, -0.25) is 0 Å². The first-order valence-corrected chi connectivity index (χ1v) is 7.81. The Morgan fingerprint density at radius 3 is 2.24 bits per heavy atom. The van der Waals surface area contributed by atoms with Crippen LogP contribution in [0.25, 0.3) is 0 Å². The lowest BCUT2D eigenvalue weighted by molar-refractivity contribution is 0.0613. The molecule has 0 aromatic carbocycles. The van der Waals surface area contributed by atoms with Crippen molar-refractivity contribution in [3.8, 4) is 0 Å². The summed E-state index contributed by atoms with van der Waals surface area (Å²) in [5.41, 5.74) is 0. The second kappa shape index (κ2) is 8.13. The van der Waals surface area contributed by atoms with Crippen LogP contribution in [0.15, 0.2) is 0 Å². The molecule has 0 spiro atoms. The summed E-state index contributed by atoms with van der Waals surface area (Å²) in [4.78, 5) is 0. The van der Waals surface area contributed by atoms with Crippen molar-refractivity contribution in [1.82, 2.24) is 0 Å². The topological polar surface area (TPSA) is 20.2 Å². The summed E-state index contributed by atoms with van der Waals surface area (Å²) in [5, 5.41) is 10.2. The molecule has 0 heterocycles. The average molecular weight is 240 g/mol. The van der Waals surface area contributed by atoms with Crippen molar-refractivity contribution >= 4 is 0 Å². The molecule has 1 nitrogen and oxygen atoms in total. The minimum atomic E-state index is -0.0236.